The molecular weight excluding hydrogens is 210 g/mol. The van der Waals surface area contributed by atoms with Crippen LogP contribution in [0.5, 0.6) is 0 Å². The van der Waals surface area contributed by atoms with Gasteiger partial charge in [0.1, 0.15) is 0 Å². The molecule has 2 unspecified atom stereocenters. The van der Waals surface area contributed by atoms with Gasteiger partial charge in [0.2, 0.25) is 5.91 Å². The van der Waals surface area contributed by atoms with Crippen LogP contribution in [0.1, 0.15) is 32.6 Å². The number of amides is 1. The first kappa shape index (κ1) is 13.0. The van der Waals surface area contributed by atoms with Gasteiger partial charge in [-0.3, -0.25) is 9.59 Å². The van der Waals surface area contributed by atoms with Crippen molar-refractivity contribution in [1.29, 1.82) is 0 Å². The maximum Gasteiger partial charge on any atom is 0.306 e. The van der Waals surface area contributed by atoms with E-state index in [1.807, 2.05) is 6.92 Å². The fourth-order valence-corrected chi connectivity index (χ4v) is 2.04. The summed E-state index contributed by atoms with van der Waals surface area (Å²) >= 11 is 0. The number of carbonyl (C=O) groups excluding carboxylic acids is 1. The lowest BCUT2D eigenvalue weighted by molar-refractivity contribution is -0.141. The Bertz CT molecular complexity index is 263. The molecule has 0 aromatic heterocycles. The van der Waals surface area contributed by atoms with E-state index in [-0.39, 0.29) is 30.4 Å². The van der Waals surface area contributed by atoms with Gasteiger partial charge >= 0.3 is 5.97 Å². The molecule has 1 amide bonds. The number of carboxylic acid groups (broad SMARTS) is 1. The second-order valence-electron chi connectivity index (χ2n) is 4.34. The van der Waals surface area contributed by atoms with Crippen molar-refractivity contribution < 1.29 is 19.8 Å². The van der Waals surface area contributed by atoms with Crippen LogP contribution in [-0.2, 0) is 9.59 Å². The third-order valence-electron chi connectivity index (χ3n) is 3.21. The summed E-state index contributed by atoms with van der Waals surface area (Å²) in [5.41, 5.74) is 0. The zero-order valence-corrected chi connectivity index (χ0v) is 9.48. The summed E-state index contributed by atoms with van der Waals surface area (Å²) in [5.74, 6) is -1.53. The van der Waals surface area contributed by atoms with E-state index < -0.39 is 5.97 Å². The highest BCUT2D eigenvalue weighted by atomic mass is 16.4. The number of nitrogens with one attached hydrogen (secondary N) is 1. The first-order chi connectivity index (χ1) is 7.58. The maximum atomic E-state index is 11.7. The molecule has 0 saturated heterocycles. The molecule has 0 aromatic carbocycles. The third kappa shape index (κ3) is 3.20. The number of carbonyl (C=O) groups is 2. The topological polar surface area (TPSA) is 86.6 Å². The van der Waals surface area contributed by atoms with E-state index in [0.29, 0.717) is 25.7 Å². The van der Waals surface area contributed by atoms with Gasteiger partial charge in [-0.2, -0.15) is 0 Å². The molecule has 1 rings (SSSR count). The number of aliphatic hydroxyl groups is 1. The number of carboxylic acids is 1. The van der Waals surface area contributed by atoms with Gasteiger partial charge in [0.05, 0.1) is 18.6 Å². The third-order valence-corrected chi connectivity index (χ3v) is 3.21. The van der Waals surface area contributed by atoms with Crippen molar-refractivity contribution in [3.8, 4) is 0 Å². The van der Waals surface area contributed by atoms with Crippen LogP contribution >= 0.6 is 0 Å². The minimum absolute atomic E-state index is 0.0721. The van der Waals surface area contributed by atoms with Gasteiger partial charge in [0.25, 0.3) is 0 Å². The lowest BCUT2D eigenvalue weighted by atomic mass is 10.0. The molecule has 5 nitrogen and oxygen atoms in total. The predicted molar refractivity (Wildman–Crippen MR) is 57.8 cm³/mol. The first-order valence-electron chi connectivity index (χ1n) is 5.72. The molecular formula is C11H19NO4. The lowest BCUT2D eigenvalue weighted by Crippen LogP contribution is -2.40. The normalized spacial score (nSPS) is 26.4. The quantitative estimate of drug-likeness (QED) is 0.636. The Balaban J connectivity index is 2.41. The Morgan fingerprint density at radius 3 is 2.44 bits per heavy atom. The second kappa shape index (κ2) is 5.84. The summed E-state index contributed by atoms with van der Waals surface area (Å²) in [5, 5.41) is 20.5. The fraction of sp³-hybridized carbons (Fsp3) is 0.818. The zero-order valence-electron chi connectivity index (χ0n) is 9.48. The molecule has 5 heteroatoms. The summed E-state index contributed by atoms with van der Waals surface area (Å²) in [6.45, 7) is 1.81. The molecule has 3 atom stereocenters. The first-order valence-corrected chi connectivity index (χ1v) is 5.72. The highest BCUT2D eigenvalue weighted by molar-refractivity contribution is 5.81. The average molecular weight is 229 g/mol. The van der Waals surface area contributed by atoms with E-state index >= 15 is 0 Å². The molecule has 1 saturated carbocycles. The highest BCUT2D eigenvalue weighted by Gasteiger charge is 2.34. The number of hydrogen-bond acceptors (Lipinski definition) is 3. The second-order valence-corrected chi connectivity index (χ2v) is 4.34. The van der Waals surface area contributed by atoms with Gasteiger partial charge in [-0.1, -0.05) is 6.92 Å². The number of aliphatic carboxylic acids is 1. The van der Waals surface area contributed by atoms with Crippen molar-refractivity contribution in [2.45, 2.75) is 38.6 Å². The van der Waals surface area contributed by atoms with Crippen LogP contribution in [0.25, 0.3) is 0 Å². The minimum atomic E-state index is -0.815. The van der Waals surface area contributed by atoms with Crippen molar-refractivity contribution in [3.63, 3.8) is 0 Å². The summed E-state index contributed by atoms with van der Waals surface area (Å²) in [6, 6.07) is -0.212. The van der Waals surface area contributed by atoms with Gasteiger partial charge in [0.15, 0.2) is 0 Å². The Morgan fingerprint density at radius 1 is 1.38 bits per heavy atom. The van der Waals surface area contributed by atoms with Crippen LogP contribution in [0.3, 0.4) is 0 Å². The van der Waals surface area contributed by atoms with Crippen molar-refractivity contribution in [3.05, 3.63) is 0 Å². The molecule has 0 aliphatic heterocycles. The van der Waals surface area contributed by atoms with Crippen LogP contribution in [-0.4, -0.2) is 34.7 Å². The van der Waals surface area contributed by atoms with Crippen molar-refractivity contribution in [1.82, 2.24) is 5.32 Å². The summed E-state index contributed by atoms with van der Waals surface area (Å²) in [4.78, 5) is 22.5. The average Bonchev–Trinajstić information content (AvgIpc) is 2.74. The molecule has 0 heterocycles. The molecule has 0 spiro atoms. The summed E-state index contributed by atoms with van der Waals surface area (Å²) in [7, 11) is 0. The maximum absolute atomic E-state index is 11.7. The molecule has 0 aromatic rings. The number of hydrogen-bond donors (Lipinski definition) is 3. The SMILES string of the molecule is CC[C@H](CO)NC(=O)C1CCC(C(=O)O)C1. The van der Waals surface area contributed by atoms with Crippen molar-refractivity contribution >= 4 is 11.9 Å². The van der Waals surface area contributed by atoms with E-state index in [1.165, 1.54) is 0 Å². The monoisotopic (exact) mass is 229 g/mol. The standard InChI is InChI=1S/C11H19NO4/c1-2-9(6-13)12-10(14)7-3-4-8(5-7)11(15)16/h7-9,13H,2-6H2,1H3,(H,12,14)(H,15,16)/t7?,8?,9-/m1/s1. The fourth-order valence-electron chi connectivity index (χ4n) is 2.04. The minimum Gasteiger partial charge on any atom is -0.481 e. The van der Waals surface area contributed by atoms with E-state index in [2.05, 4.69) is 5.32 Å². The molecule has 0 radical (unpaired) electrons. The Morgan fingerprint density at radius 2 is 2.00 bits per heavy atom. The summed E-state index contributed by atoms with van der Waals surface area (Å²) < 4.78 is 0. The molecule has 16 heavy (non-hydrogen) atoms. The van der Waals surface area contributed by atoms with Gasteiger partial charge in [0, 0.05) is 5.92 Å². The number of aliphatic hydroxyl groups excluding tert-OH is 1. The predicted octanol–water partition coefficient (Wildman–Crippen LogP) is 0.374. The Kier molecular flexibility index (Phi) is 4.73. The van der Waals surface area contributed by atoms with E-state index in [9.17, 15) is 9.59 Å². The Hall–Kier alpha value is -1.10. The van der Waals surface area contributed by atoms with Crippen LogP contribution < -0.4 is 5.32 Å². The molecule has 1 aliphatic carbocycles. The Labute approximate surface area is 94.8 Å². The van der Waals surface area contributed by atoms with Crippen LogP contribution in [0.4, 0.5) is 0 Å². The van der Waals surface area contributed by atoms with E-state index in [0.717, 1.165) is 0 Å². The molecule has 1 fully saturated rings. The van der Waals surface area contributed by atoms with E-state index in [4.69, 9.17) is 10.2 Å². The van der Waals surface area contributed by atoms with Gasteiger partial charge in [-0.05, 0) is 25.7 Å². The van der Waals surface area contributed by atoms with Gasteiger partial charge in [-0.15, -0.1) is 0 Å². The van der Waals surface area contributed by atoms with Crippen LogP contribution in [0, 0.1) is 11.8 Å². The van der Waals surface area contributed by atoms with Gasteiger partial charge < -0.3 is 15.5 Å². The summed E-state index contributed by atoms with van der Waals surface area (Å²) in [6.07, 6.45) is 2.30. The van der Waals surface area contributed by atoms with E-state index in [1.54, 1.807) is 0 Å². The smallest absolute Gasteiger partial charge is 0.306 e. The molecule has 1 aliphatic rings. The largest absolute Gasteiger partial charge is 0.481 e. The molecule has 0 bridgehead atoms. The van der Waals surface area contributed by atoms with Crippen molar-refractivity contribution in [2.75, 3.05) is 6.61 Å². The molecule has 3 N–H and O–H groups in total. The van der Waals surface area contributed by atoms with Crippen LogP contribution in [0.2, 0.25) is 0 Å². The highest BCUT2D eigenvalue weighted by Crippen LogP contribution is 2.31. The molecule has 92 valence electrons. The zero-order chi connectivity index (χ0) is 12.1. The number of rotatable bonds is 5. The lowest BCUT2D eigenvalue weighted by Gasteiger charge is -2.17. The van der Waals surface area contributed by atoms with Gasteiger partial charge in [-0.25, -0.2) is 0 Å². The van der Waals surface area contributed by atoms with Crippen LogP contribution in [0.15, 0.2) is 0 Å². The van der Waals surface area contributed by atoms with Crippen molar-refractivity contribution in [2.24, 2.45) is 11.8 Å².